The molecule has 1 aromatic heterocycles. The number of rotatable bonds is 4. The molecule has 7 aromatic carbocycles. The van der Waals surface area contributed by atoms with Gasteiger partial charge in [0.1, 0.15) is 0 Å². The number of anilines is 2. The van der Waals surface area contributed by atoms with E-state index in [9.17, 15) is 0 Å². The average Bonchev–Trinajstić information content (AvgIpc) is 3.44. The summed E-state index contributed by atoms with van der Waals surface area (Å²) < 4.78 is 2.62. The van der Waals surface area contributed by atoms with Crippen LogP contribution in [0.4, 0.5) is 11.4 Å². The summed E-state index contributed by atoms with van der Waals surface area (Å²) in [4.78, 5) is 0. The predicted molar refractivity (Wildman–Crippen MR) is 203 cm³/mol. The maximum atomic E-state index is 3.68. The predicted octanol–water partition coefficient (Wildman–Crippen LogP) is 12.3. The lowest BCUT2D eigenvalue weighted by atomic mass is 9.68. The standard InChI is InChI=1S/C46H36N2/c1-45(2)37-17-11-18-38-44(37)48-42-35(24-31(26-39(42)45)28-12-6-5-7-13-28)36-25-32(27-40(43(36)48)46(38,3)4)29-20-22-33(23-21-29)47-41-19-10-15-30-14-8-9-16-34(30)41/h5-27,47H,1-4H3. The first-order chi connectivity index (χ1) is 23.3. The van der Waals surface area contributed by atoms with E-state index in [0.29, 0.717) is 0 Å². The van der Waals surface area contributed by atoms with Crippen molar-refractivity contribution < 1.29 is 0 Å². The Labute approximate surface area is 281 Å². The second-order valence-corrected chi connectivity index (χ2v) is 14.7. The molecule has 10 rings (SSSR count). The van der Waals surface area contributed by atoms with Gasteiger partial charge < -0.3 is 9.88 Å². The van der Waals surface area contributed by atoms with E-state index in [0.717, 1.165) is 11.4 Å². The summed E-state index contributed by atoms with van der Waals surface area (Å²) in [7, 11) is 0. The largest absolute Gasteiger partial charge is 0.355 e. The van der Waals surface area contributed by atoms with Gasteiger partial charge in [0, 0.05) is 38.4 Å². The smallest absolute Gasteiger partial charge is 0.0582 e. The normalized spacial score (nSPS) is 15.0. The molecule has 0 spiro atoms. The molecule has 2 heteroatoms. The molecule has 48 heavy (non-hydrogen) atoms. The summed E-state index contributed by atoms with van der Waals surface area (Å²) >= 11 is 0. The molecule has 8 aromatic rings. The maximum Gasteiger partial charge on any atom is 0.0582 e. The van der Waals surface area contributed by atoms with Crippen LogP contribution in [-0.4, -0.2) is 4.57 Å². The third kappa shape index (κ3) is 3.63. The summed E-state index contributed by atoms with van der Waals surface area (Å²) in [5.74, 6) is 0. The Morgan fingerprint density at radius 2 is 0.979 bits per heavy atom. The van der Waals surface area contributed by atoms with Crippen LogP contribution in [0.3, 0.4) is 0 Å². The van der Waals surface area contributed by atoms with Crippen LogP contribution in [0.1, 0.15) is 49.9 Å². The molecule has 3 heterocycles. The van der Waals surface area contributed by atoms with Crippen molar-refractivity contribution in [2.24, 2.45) is 0 Å². The molecule has 0 saturated carbocycles. The monoisotopic (exact) mass is 616 g/mol. The van der Waals surface area contributed by atoms with Crippen LogP contribution in [0.25, 0.3) is 60.5 Å². The fourth-order valence-electron chi connectivity index (χ4n) is 8.73. The van der Waals surface area contributed by atoms with Gasteiger partial charge in [0.15, 0.2) is 0 Å². The Bertz CT molecular complexity index is 2610. The minimum Gasteiger partial charge on any atom is -0.355 e. The number of aromatic nitrogens is 1. The highest BCUT2D eigenvalue weighted by molar-refractivity contribution is 6.16. The van der Waals surface area contributed by atoms with E-state index in [4.69, 9.17) is 0 Å². The van der Waals surface area contributed by atoms with Gasteiger partial charge in [0.05, 0.1) is 16.7 Å². The highest BCUT2D eigenvalue weighted by Crippen LogP contribution is 2.56. The van der Waals surface area contributed by atoms with Gasteiger partial charge in [-0.25, -0.2) is 0 Å². The van der Waals surface area contributed by atoms with Gasteiger partial charge in [-0.2, -0.15) is 0 Å². The molecule has 0 atom stereocenters. The molecule has 0 bridgehead atoms. The number of benzene rings is 7. The average molecular weight is 617 g/mol. The summed E-state index contributed by atoms with van der Waals surface area (Å²) in [6, 6.07) is 51.6. The first kappa shape index (κ1) is 27.5. The van der Waals surface area contributed by atoms with Gasteiger partial charge in [-0.3, -0.25) is 0 Å². The van der Waals surface area contributed by atoms with E-state index in [-0.39, 0.29) is 10.8 Å². The van der Waals surface area contributed by atoms with Crippen LogP contribution in [0.2, 0.25) is 0 Å². The molecule has 0 unspecified atom stereocenters. The first-order valence-corrected chi connectivity index (χ1v) is 17.0. The summed E-state index contributed by atoms with van der Waals surface area (Å²) in [6.07, 6.45) is 0. The van der Waals surface area contributed by atoms with Crippen LogP contribution < -0.4 is 5.32 Å². The van der Waals surface area contributed by atoms with Crippen molar-refractivity contribution in [3.05, 3.63) is 162 Å². The molecular formula is C46H36N2. The number of nitrogens with zero attached hydrogens (tertiary/aromatic N) is 1. The zero-order chi connectivity index (χ0) is 32.4. The van der Waals surface area contributed by atoms with Gasteiger partial charge >= 0.3 is 0 Å². The minimum atomic E-state index is -0.157. The van der Waals surface area contributed by atoms with Crippen molar-refractivity contribution in [3.63, 3.8) is 0 Å². The Balaban J connectivity index is 1.21. The van der Waals surface area contributed by atoms with Crippen molar-refractivity contribution in [1.82, 2.24) is 4.57 Å². The lowest BCUT2D eigenvalue weighted by Gasteiger charge is -2.42. The molecule has 0 saturated heterocycles. The fraction of sp³-hybridized carbons (Fsp3) is 0.130. The molecule has 0 aliphatic carbocycles. The second-order valence-electron chi connectivity index (χ2n) is 14.7. The lowest BCUT2D eigenvalue weighted by Crippen LogP contribution is -2.33. The molecule has 230 valence electrons. The van der Waals surface area contributed by atoms with Gasteiger partial charge in [-0.15, -0.1) is 0 Å². The van der Waals surface area contributed by atoms with Crippen molar-refractivity contribution in [2.75, 3.05) is 5.32 Å². The lowest BCUT2D eigenvalue weighted by molar-refractivity contribution is 0.594. The molecule has 2 aliphatic heterocycles. The van der Waals surface area contributed by atoms with Crippen LogP contribution in [0.5, 0.6) is 0 Å². The van der Waals surface area contributed by atoms with Crippen molar-refractivity contribution in [3.8, 4) is 27.9 Å². The maximum absolute atomic E-state index is 3.68. The molecule has 2 nitrogen and oxygen atoms in total. The zero-order valence-electron chi connectivity index (χ0n) is 27.7. The van der Waals surface area contributed by atoms with E-state index < -0.39 is 0 Å². The van der Waals surface area contributed by atoms with E-state index in [2.05, 4.69) is 177 Å². The van der Waals surface area contributed by atoms with Crippen molar-refractivity contribution in [2.45, 2.75) is 38.5 Å². The Hall–Kier alpha value is -5.60. The first-order valence-electron chi connectivity index (χ1n) is 17.0. The Morgan fingerprint density at radius 3 is 1.62 bits per heavy atom. The zero-order valence-corrected chi connectivity index (χ0v) is 27.7. The molecule has 1 N–H and O–H groups in total. The van der Waals surface area contributed by atoms with E-state index in [1.165, 1.54) is 82.8 Å². The number of hydrogen-bond donors (Lipinski definition) is 1. The van der Waals surface area contributed by atoms with Gasteiger partial charge in [-0.05, 0) is 92.4 Å². The highest BCUT2D eigenvalue weighted by Gasteiger charge is 2.43. The second kappa shape index (κ2) is 9.49. The topological polar surface area (TPSA) is 17.0 Å². The summed E-state index contributed by atoms with van der Waals surface area (Å²) in [5, 5.41) is 8.81. The number of fused-ring (bicyclic) bond motifs is 2. The molecule has 0 fully saturated rings. The third-order valence-electron chi connectivity index (χ3n) is 11.3. The van der Waals surface area contributed by atoms with Crippen molar-refractivity contribution >= 4 is 44.0 Å². The van der Waals surface area contributed by atoms with Crippen LogP contribution in [0, 0.1) is 0 Å². The quantitative estimate of drug-likeness (QED) is 0.208. The van der Waals surface area contributed by atoms with Crippen molar-refractivity contribution in [1.29, 1.82) is 0 Å². The molecule has 2 aliphatic rings. The van der Waals surface area contributed by atoms with Crippen LogP contribution in [-0.2, 0) is 10.8 Å². The van der Waals surface area contributed by atoms with Crippen LogP contribution in [0.15, 0.2) is 140 Å². The van der Waals surface area contributed by atoms with E-state index in [1.54, 1.807) is 0 Å². The Kier molecular flexibility index (Phi) is 5.44. The molecule has 0 radical (unpaired) electrons. The van der Waals surface area contributed by atoms with Gasteiger partial charge in [-0.1, -0.05) is 125 Å². The van der Waals surface area contributed by atoms with Crippen LogP contribution >= 0.6 is 0 Å². The van der Waals surface area contributed by atoms with E-state index in [1.807, 2.05) is 0 Å². The Morgan fingerprint density at radius 1 is 0.438 bits per heavy atom. The van der Waals surface area contributed by atoms with Gasteiger partial charge in [0.25, 0.3) is 0 Å². The fourth-order valence-corrected chi connectivity index (χ4v) is 8.73. The van der Waals surface area contributed by atoms with E-state index >= 15 is 0 Å². The SMILES string of the molecule is CC1(C)c2cccc3c2-n2c4c1cc(-c1ccccc1)cc4c1cc(-c4ccc(Nc5cccc6ccccc56)cc4)cc(c12)C3(C)C. The third-order valence-corrected chi connectivity index (χ3v) is 11.3. The number of hydrogen-bond acceptors (Lipinski definition) is 1. The highest BCUT2D eigenvalue weighted by atomic mass is 15.0. The molecule has 0 amide bonds. The van der Waals surface area contributed by atoms with Gasteiger partial charge in [0.2, 0.25) is 0 Å². The molecular weight excluding hydrogens is 581 g/mol. The number of nitrogens with one attached hydrogen (secondary N) is 1. The number of para-hydroxylation sites is 1. The summed E-state index contributed by atoms with van der Waals surface area (Å²) in [6.45, 7) is 9.65. The summed E-state index contributed by atoms with van der Waals surface area (Å²) in [5.41, 5.74) is 16.6. The minimum absolute atomic E-state index is 0.137.